The van der Waals surface area contributed by atoms with E-state index in [1.165, 1.54) is 0 Å². The number of hydrogen-bond donors (Lipinski definition) is 0. The molecule has 0 aliphatic carbocycles. The summed E-state index contributed by atoms with van der Waals surface area (Å²) in [5.41, 5.74) is -0.514. The van der Waals surface area contributed by atoms with Crippen LogP contribution in [0, 0.1) is 11.3 Å². The smallest absolute Gasteiger partial charge is 0.410 e. The Morgan fingerprint density at radius 3 is 2.25 bits per heavy atom. The predicted molar refractivity (Wildman–Crippen MR) is 91.3 cm³/mol. The van der Waals surface area contributed by atoms with Crippen molar-refractivity contribution in [3.05, 3.63) is 0 Å². The van der Waals surface area contributed by atoms with Gasteiger partial charge in [0.15, 0.2) is 0 Å². The van der Waals surface area contributed by atoms with E-state index in [4.69, 9.17) is 10.00 Å². The molecule has 0 aromatic rings. The van der Waals surface area contributed by atoms with Crippen LogP contribution in [0.4, 0.5) is 4.79 Å². The molecule has 1 saturated heterocycles. The molecule has 2 amide bonds. The monoisotopic (exact) mass is 338 g/mol. The SMILES string of the molecule is CC1CN(C(=O)OC(C)(C)C)CC(C)N1CC(=O)N(C)CCC#N. The highest BCUT2D eigenvalue weighted by Gasteiger charge is 2.35. The van der Waals surface area contributed by atoms with Crippen LogP contribution in [0.15, 0.2) is 0 Å². The second kappa shape index (κ2) is 8.34. The minimum Gasteiger partial charge on any atom is -0.444 e. The largest absolute Gasteiger partial charge is 0.444 e. The third-order valence-corrected chi connectivity index (χ3v) is 4.06. The molecular formula is C17H30N4O3. The molecule has 0 aromatic heterocycles. The van der Waals surface area contributed by atoms with E-state index >= 15 is 0 Å². The van der Waals surface area contributed by atoms with E-state index in [0.29, 0.717) is 32.6 Å². The van der Waals surface area contributed by atoms with Gasteiger partial charge in [-0.3, -0.25) is 9.69 Å². The number of nitrogens with zero attached hydrogens (tertiary/aromatic N) is 4. The molecule has 7 nitrogen and oxygen atoms in total. The van der Waals surface area contributed by atoms with Crippen LogP contribution >= 0.6 is 0 Å². The Morgan fingerprint density at radius 2 is 1.79 bits per heavy atom. The molecule has 0 bridgehead atoms. The maximum atomic E-state index is 12.3. The molecular weight excluding hydrogens is 308 g/mol. The molecule has 1 aliphatic rings. The summed E-state index contributed by atoms with van der Waals surface area (Å²) in [6.45, 7) is 11.4. The van der Waals surface area contributed by atoms with Crippen molar-refractivity contribution in [2.45, 2.75) is 58.7 Å². The van der Waals surface area contributed by atoms with Crippen molar-refractivity contribution in [3.63, 3.8) is 0 Å². The molecule has 0 saturated carbocycles. The van der Waals surface area contributed by atoms with Crippen molar-refractivity contribution >= 4 is 12.0 Å². The minimum atomic E-state index is -0.514. The van der Waals surface area contributed by atoms with Crippen LogP contribution < -0.4 is 0 Å². The fourth-order valence-electron chi connectivity index (χ4n) is 2.76. The standard InChI is InChI=1S/C17H30N4O3/c1-13-10-20(16(23)24-17(3,4)5)11-14(2)21(13)12-15(22)19(6)9-7-8-18/h13-14H,7,9-12H2,1-6H3. The van der Waals surface area contributed by atoms with Crippen molar-refractivity contribution in [1.82, 2.24) is 14.7 Å². The molecule has 0 spiro atoms. The van der Waals surface area contributed by atoms with Crippen LogP contribution in [0.25, 0.3) is 0 Å². The van der Waals surface area contributed by atoms with Gasteiger partial charge in [-0.25, -0.2) is 4.79 Å². The summed E-state index contributed by atoms with van der Waals surface area (Å²) < 4.78 is 5.44. The summed E-state index contributed by atoms with van der Waals surface area (Å²) in [4.78, 5) is 29.9. The topological polar surface area (TPSA) is 76.9 Å². The van der Waals surface area contributed by atoms with E-state index in [1.807, 2.05) is 40.7 Å². The average Bonchev–Trinajstić information content (AvgIpc) is 2.46. The zero-order valence-corrected chi connectivity index (χ0v) is 15.7. The highest BCUT2D eigenvalue weighted by atomic mass is 16.6. The van der Waals surface area contributed by atoms with Crippen molar-refractivity contribution in [1.29, 1.82) is 5.26 Å². The van der Waals surface area contributed by atoms with E-state index in [-0.39, 0.29) is 24.1 Å². The molecule has 1 rings (SSSR count). The van der Waals surface area contributed by atoms with Gasteiger partial charge in [0.25, 0.3) is 0 Å². The van der Waals surface area contributed by atoms with E-state index in [0.717, 1.165) is 0 Å². The van der Waals surface area contributed by atoms with Crippen molar-refractivity contribution in [2.75, 3.05) is 33.2 Å². The van der Waals surface area contributed by atoms with Gasteiger partial charge in [0.1, 0.15) is 5.60 Å². The lowest BCUT2D eigenvalue weighted by Gasteiger charge is -2.44. The summed E-state index contributed by atoms with van der Waals surface area (Å²) >= 11 is 0. The second-order valence-corrected chi connectivity index (χ2v) is 7.48. The molecule has 1 aliphatic heterocycles. The van der Waals surface area contributed by atoms with Crippen LogP contribution in [0.5, 0.6) is 0 Å². The van der Waals surface area contributed by atoms with Crippen molar-refractivity contribution < 1.29 is 14.3 Å². The third kappa shape index (κ3) is 6.00. The summed E-state index contributed by atoms with van der Waals surface area (Å²) in [6.07, 6.45) is 0.0260. The quantitative estimate of drug-likeness (QED) is 0.779. The number of carbonyl (C=O) groups is 2. The number of nitriles is 1. The fourth-order valence-corrected chi connectivity index (χ4v) is 2.76. The van der Waals surface area contributed by atoms with Gasteiger partial charge in [-0.2, -0.15) is 5.26 Å². The van der Waals surface area contributed by atoms with E-state index < -0.39 is 5.60 Å². The number of ether oxygens (including phenoxy) is 1. The summed E-state index contributed by atoms with van der Waals surface area (Å²) in [5.74, 6) is -0.00494. The first-order valence-electron chi connectivity index (χ1n) is 8.39. The first kappa shape index (κ1) is 20.2. The number of hydrogen-bond acceptors (Lipinski definition) is 5. The Balaban J connectivity index is 2.62. The van der Waals surface area contributed by atoms with Crippen LogP contribution in [-0.2, 0) is 9.53 Å². The molecule has 24 heavy (non-hydrogen) atoms. The molecule has 136 valence electrons. The zero-order valence-electron chi connectivity index (χ0n) is 15.7. The molecule has 2 unspecified atom stereocenters. The molecule has 0 N–H and O–H groups in total. The average molecular weight is 338 g/mol. The van der Waals surface area contributed by atoms with Gasteiger partial charge in [0, 0.05) is 38.8 Å². The number of amides is 2. The first-order chi connectivity index (χ1) is 11.0. The van der Waals surface area contributed by atoms with Gasteiger partial charge in [0.2, 0.25) is 5.91 Å². The maximum absolute atomic E-state index is 12.3. The van der Waals surface area contributed by atoms with Crippen LogP contribution in [-0.4, -0.2) is 77.6 Å². The second-order valence-electron chi connectivity index (χ2n) is 7.48. The zero-order chi connectivity index (χ0) is 18.5. The van der Waals surface area contributed by atoms with E-state index in [2.05, 4.69) is 4.90 Å². The Bertz CT molecular complexity index is 483. The molecule has 1 heterocycles. The Morgan fingerprint density at radius 1 is 1.25 bits per heavy atom. The van der Waals surface area contributed by atoms with Crippen LogP contribution in [0.2, 0.25) is 0 Å². The number of rotatable bonds is 4. The van der Waals surface area contributed by atoms with Gasteiger partial charge in [0.05, 0.1) is 19.0 Å². The lowest BCUT2D eigenvalue weighted by atomic mass is 10.1. The lowest BCUT2D eigenvalue weighted by Crippen LogP contribution is -2.60. The van der Waals surface area contributed by atoms with Gasteiger partial charge in [-0.15, -0.1) is 0 Å². The predicted octanol–water partition coefficient (Wildman–Crippen LogP) is 1.69. The van der Waals surface area contributed by atoms with Crippen molar-refractivity contribution in [3.8, 4) is 6.07 Å². The summed E-state index contributed by atoms with van der Waals surface area (Å²) in [5, 5.41) is 8.62. The summed E-state index contributed by atoms with van der Waals surface area (Å²) in [6, 6.07) is 2.17. The highest BCUT2D eigenvalue weighted by Crippen LogP contribution is 2.18. The van der Waals surface area contributed by atoms with Gasteiger partial charge >= 0.3 is 6.09 Å². The van der Waals surface area contributed by atoms with Gasteiger partial charge < -0.3 is 14.5 Å². The van der Waals surface area contributed by atoms with Crippen LogP contribution in [0.3, 0.4) is 0 Å². The minimum absolute atomic E-state index is 0.00494. The maximum Gasteiger partial charge on any atom is 0.410 e. The Labute approximate surface area is 145 Å². The molecule has 1 fully saturated rings. The molecule has 2 atom stereocenters. The summed E-state index contributed by atoms with van der Waals surface area (Å²) in [7, 11) is 1.71. The number of piperazine rings is 1. The Hall–Kier alpha value is -1.81. The van der Waals surface area contributed by atoms with Gasteiger partial charge in [-0.1, -0.05) is 0 Å². The molecule has 0 aromatic carbocycles. The molecule has 7 heteroatoms. The number of likely N-dealkylation sites (N-methyl/N-ethyl adjacent to an activating group) is 1. The van der Waals surface area contributed by atoms with Crippen LogP contribution in [0.1, 0.15) is 41.0 Å². The normalized spacial score (nSPS) is 22.0. The Kier molecular flexibility index (Phi) is 7.03. The van der Waals surface area contributed by atoms with E-state index in [1.54, 1.807) is 16.8 Å². The van der Waals surface area contributed by atoms with E-state index in [9.17, 15) is 9.59 Å². The fraction of sp³-hybridized carbons (Fsp3) is 0.824. The highest BCUT2D eigenvalue weighted by molar-refractivity contribution is 5.78. The molecule has 0 radical (unpaired) electrons. The van der Waals surface area contributed by atoms with Crippen molar-refractivity contribution in [2.24, 2.45) is 0 Å². The first-order valence-corrected chi connectivity index (χ1v) is 8.39. The third-order valence-electron chi connectivity index (χ3n) is 4.06. The van der Waals surface area contributed by atoms with Gasteiger partial charge in [-0.05, 0) is 34.6 Å². The number of carbonyl (C=O) groups excluding carboxylic acids is 2. The lowest BCUT2D eigenvalue weighted by molar-refractivity contribution is -0.133.